The predicted octanol–water partition coefficient (Wildman–Crippen LogP) is 3.29. The normalized spacial score (nSPS) is 17.3. The standard InChI is InChI=1S/C25H33N5O3S2/c1-2-17-34-24-20(5-3-8-27-24)25(32)30-11-6-19(7-12-30)23-28-21(18-35-23)22(31)26-9-4-10-29-13-15-33-16-14-29/h2-3,5,8,18-19H,1,4,6-7,9-17H2,(H,26,31). The molecule has 2 fully saturated rings. The van der Waals surface area contributed by atoms with Gasteiger partial charge in [0.1, 0.15) is 10.7 Å². The zero-order chi connectivity index (χ0) is 24.5. The Labute approximate surface area is 215 Å². The minimum absolute atomic E-state index is 0.0272. The molecule has 2 aliphatic heterocycles. The SMILES string of the molecule is C=CCSc1ncccc1C(=O)N1CCC(c2nc(C(=O)NCCCN3CCOCC3)cs2)CC1. The monoisotopic (exact) mass is 515 g/mol. The van der Waals surface area contributed by atoms with Crippen LogP contribution >= 0.6 is 23.1 Å². The summed E-state index contributed by atoms with van der Waals surface area (Å²) in [6, 6.07) is 3.66. The largest absolute Gasteiger partial charge is 0.379 e. The van der Waals surface area contributed by atoms with Crippen LogP contribution in [-0.2, 0) is 4.74 Å². The Hall–Kier alpha value is -2.27. The van der Waals surface area contributed by atoms with Gasteiger partial charge in [0.2, 0.25) is 0 Å². The molecule has 0 aromatic carbocycles. The van der Waals surface area contributed by atoms with Crippen LogP contribution in [0.25, 0.3) is 0 Å². The molecule has 2 saturated heterocycles. The first-order valence-corrected chi connectivity index (χ1v) is 14.0. The van der Waals surface area contributed by atoms with Gasteiger partial charge >= 0.3 is 0 Å². The number of carbonyl (C=O) groups excluding carboxylic acids is 2. The average Bonchev–Trinajstić information content (AvgIpc) is 3.41. The van der Waals surface area contributed by atoms with Crippen LogP contribution in [0.3, 0.4) is 0 Å². The van der Waals surface area contributed by atoms with Gasteiger partial charge in [-0.3, -0.25) is 14.5 Å². The van der Waals surface area contributed by atoms with E-state index in [1.165, 1.54) is 11.8 Å². The van der Waals surface area contributed by atoms with Gasteiger partial charge < -0.3 is 15.0 Å². The van der Waals surface area contributed by atoms with Crippen LogP contribution in [0.1, 0.15) is 51.0 Å². The van der Waals surface area contributed by atoms with Crippen LogP contribution in [0.4, 0.5) is 0 Å². The molecule has 2 aromatic rings. The first kappa shape index (κ1) is 25.8. The summed E-state index contributed by atoms with van der Waals surface area (Å²) >= 11 is 3.07. The lowest BCUT2D eigenvalue weighted by Gasteiger charge is -2.31. The van der Waals surface area contributed by atoms with Gasteiger partial charge in [0, 0.05) is 56.0 Å². The van der Waals surface area contributed by atoms with E-state index in [0.717, 1.165) is 62.1 Å². The summed E-state index contributed by atoms with van der Waals surface area (Å²) in [4.78, 5) is 38.9. The van der Waals surface area contributed by atoms with Crippen molar-refractivity contribution >= 4 is 34.9 Å². The number of piperidine rings is 1. The molecule has 2 aromatic heterocycles. The number of rotatable bonds is 10. The minimum atomic E-state index is -0.108. The summed E-state index contributed by atoms with van der Waals surface area (Å²) in [5, 5.41) is 6.58. The Morgan fingerprint density at radius 1 is 1.26 bits per heavy atom. The number of hydrogen-bond acceptors (Lipinski definition) is 8. The number of thioether (sulfide) groups is 1. The van der Waals surface area contributed by atoms with Crippen molar-refractivity contribution in [2.75, 3.05) is 58.2 Å². The first-order valence-electron chi connectivity index (χ1n) is 12.2. The van der Waals surface area contributed by atoms with Crippen molar-refractivity contribution in [1.82, 2.24) is 25.1 Å². The Kier molecular flexibility index (Phi) is 9.70. The van der Waals surface area contributed by atoms with Gasteiger partial charge in [-0.05, 0) is 37.9 Å². The molecule has 0 aliphatic carbocycles. The maximum absolute atomic E-state index is 13.1. The van der Waals surface area contributed by atoms with Gasteiger partial charge in [-0.25, -0.2) is 9.97 Å². The van der Waals surface area contributed by atoms with E-state index in [-0.39, 0.29) is 17.7 Å². The van der Waals surface area contributed by atoms with Crippen molar-refractivity contribution in [3.8, 4) is 0 Å². The lowest BCUT2D eigenvalue weighted by molar-refractivity contribution is 0.0374. The maximum atomic E-state index is 13.1. The van der Waals surface area contributed by atoms with E-state index in [2.05, 4.69) is 26.8 Å². The first-order chi connectivity index (χ1) is 17.2. The van der Waals surface area contributed by atoms with E-state index in [4.69, 9.17) is 4.74 Å². The summed E-state index contributed by atoms with van der Waals surface area (Å²) in [6.07, 6.45) is 6.13. The van der Waals surface area contributed by atoms with E-state index in [0.29, 0.717) is 36.6 Å². The van der Waals surface area contributed by atoms with Crippen molar-refractivity contribution in [2.24, 2.45) is 0 Å². The van der Waals surface area contributed by atoms with E-state index in [1.807, 2.05) is 28.5 Å². The lowest BCUT2D eigenvalue weighted by Crippen LogP contribution is -2.38. The van der Waals surface area contributed by atoms with E-state index in [1.54, 1.807) is 17.5 Å². The number of thiazole rings is 1. The van der Waals surface area contributed by atoms with Crippen LogP contribution in [0.2, 0.25) is 0 Å². The molecule has 0 unspecified atom stereocenters. The number of nitrogens with zero attached hydrogens (tertiary/aromatic N) is 4. The third-order valence-electron chi connectivity index (χ3n) is 6.27. The highest BCUT2D eigenvalue weighted by molar-refractivity contribution is 7.99. The number of pyridine rings is 1. The van der Waals surface area contributed by atoms with Gasteiger partial charge in [0.25, 0.3) is 11.8 Å². The third-order valence-corrected chi connectivity index (χ3v) is 8.27. The van der Waals surface area contributed by atoms with Crippen molar-refractivity contribution in [2.45, 2.75) is 30.2 Å². The van der Waals surface area contributed by atoms with Crippen molar-refractivity contribution in [3.05, 3.63) is 52.6 Å². The quantitative estimate of drug-likeness (QED) is 0.295. The van der Waals surface area contributed by atoms with E-state index in [9.17, 15) is 9.59 Å². The van der Waals surface area contributed by atoms with E-state index < -0.39 is 0 Å². The second-order valence-electron chi connectivity index (χ2n) is 8.66. The number of carbonyl (C=O) groups is 2. The van der Waals surface area contributed by atoms with E-state index >= 15 is 0 Å². The molecule has 188 valence electrons. The highest BCUT2D eigenvalue weighted by Gasteiger charge is 2.28. The zero-order valence-corrected chi connectivity index (χ0v) is 21.6. The van der Waals surface area contributed by atoms with Gasteiger partial charge in [-0.15, -0.1) is 29.7 Å². The molecule has 4 heterocycles. The van der Waals surface area contributed by atoms with Crippen LogP contribution in [-0.4, -0.2) is 89.8 Å². The number of likely N-dealkylation sites (tertiary alicyclic amines) is 1. The summed E-state index contributed by atoms with van der Waals surface area (Å²) in [5.74, 6) is 0.908. The van der Waals surface area contributed by atoms with Gasteiger partial charge in [0.05, 0.1) is 23.8 Å². The molecule has 1 N–H and O–H groups in total. The Bertz CT molecular complexity index is 1000. The fourth-order valence-corrected chi connectivity index (χ4v) is 6.00. The molecule has 4 rings (SSSR count). The number of nitrogens with one attached hydrogen (secondary N) is 1. The third kappa shape index (κ3) is 7.13. The minimum Gasteiger partial charge on any atom is -0.379 e. The molecule has 35 heavy (non-hydrogen) atoms. The van der Waals surface area contributed by atoms with Crippen LogP contribution in [0.5, 0.6) is 0 Å². The number of hydrogen-bond donors (Lipinski definition) is 1. The topological polar surface area (TPSA) is 87.7 Å². The van der Waals surface area contributed by atoms with Crippen molar-refractivity contribution in [3.63, 3.8) is 0 Å². The van der Waals surface area contributed by atoms with Crippen LogP contribution in [0, 0.1) is 0 Å². The van der Waals surface area contributed by atoms with Crippen LogP contribution in [0.15, 0.2) is 41.4 Å². The second-order valence-corrected chi connectivity index (χ2v) is 10.6. The molecule has 0 bridgehead atoms. The molecule has 8 nitrogen and oxygen atoms in total. The molecule has 2 amide bonds. The summed E-state index contributed by atoms with van der Waals surface area (Å²) in [6.45, 7) is 10.2. The highest BCUT2D eigenvalue weighted by atomic mass is 32.2. The maximum Gasteiger partial charge on any atom is 0.270 e. The molecule has 2 aliphatic rings. The summed E-state index contributed by atoms with van der Waals surface area (Å²) < 4.78 is 5.37. The smallest absolute Gasteiger partial charge is 0.270 e. The molecule has 0 saturated carbocycles. The molecule has 0 spiro atoms. The fraction of sp³-hybridized carbons (Fsp3) is 0.520. The fourth-order valence-electron chi connectivity index (χ4n) is 4.31. The number of amides is 2. The second kappa shape index (κ2) is 13.2. The molecular weight excluding hydrogens is 482 g/mol. The molecule has 0 atom stereocenters. The molecular formula is C25H33N5O3S2. The number of aromatic nitrogens is 2. The Morgan fingerprint density at radius 3 is 2.83 bits per heavy atom. The van der Waals surface area contributed by atoms with Gasteiger partial charge in [-0.1, -0.05) is 6.08 Å². The highest BCUT2D eigenvalue weighted by Crippen LogP contribution is 2.31. The number of morpholine rings is 1. The lowest BCUT2D eigenvalue weighted by atomic mass is 9.97. The zero-order valence-electron chi connectivity index (χ0n) is 20.0. The van der Waals surface area contributed by atoms with Crippen LogP contribution < -0.4 is 5.32 Å². The van der Waals surface area contributed by atoms with Gasteiger partial charge in [0.15, 0.2) is 0 Å². The molecule has 10 heteroatoms. The summed E-state index contributed by atoms with van der Waals surface area (Å²) in [5.41, 5.74) is 1.15. The molecule has 0 radical (unpaired) electrons. The van der Waals surface area contributed by atoms with Crippen molar-refractivity contribution < 1.29 is 14.3 Å². The predicted molar refractivity (Wildman–Crippen MR) is 139 cm³/mol. The summed E-state index contributed by atoms with van der Waals surface area (Å²) in [7, 11) is 0. The Balaban J connectivity index is 1.23. The van der Waals surface area contributed by atoms with Crippen molar-refractivity contribution in [1.29, 1.82) is 0 Å². The average molecular weight is 516 g/mol. The number of ether oxygens (including phenoxy) is 1. The van der Waals surface area contributed by atoms with Gasteiger partial charge in [-0.2, -0.15) is 0 Å². The Morgan fingerprint density at radius 2 is 2.06 bits per heavy atom.